The molecule has 0 spiro atoms. The molecule has 2 aromatic rings. The minimum absolute atomic E-state index is 0.0352. The van der Waals surface area contributed by atoms with Crippen molar-refractivity contribution in [2.75, 3.05) is 33.4 Å². The number of nitriles is 1. The lowest BCUT2D eigenvalue weighted by Crippen LogP contribution is -2.30. The van der Waals surface area contributed by atoms with E-state index in [1.54, 1.807) is 29.2 Å². The van der Waals surface area contributed by atoms with Gasteiger partial charge >= 0.3 is 5.97 Å². The monoisotopic (exact) mass is 606 g/mol. The summed E-state index contributed by atoms with van der Waals surface area (Å²) in [5, 5.41) is 29.3. The highest BCUT2D eigenvalue weighted by Crippen LogP contribution is 2.41. The van der Waals surface area contributed by atoms with E-state index in [2.05, 4.69) is 11.4 Å². The lowest BCUT2D eigenvalue weighted by atomic mass is 9.84. The topological polar surface area (TPSA) is 162 Å². The number of ketones is 1. The molecule has 0 radical (unpaired) electrons. The number of aliphatic carboxylic acids is 1. The van der Waals surface area contributed by atoms with Gasteiger partial charge in [-0.05, 0) is 61.4 Å². The molecule has 0 bridgehead atoms. The third-order valence-corrected chi connectivity index (χ3v) is 7.15. The number of ether oxygens (including phenoxy) is 3. The second-order valence-electron chi connectivity index (χ2n) is 11.6. The fourth-order valence-corrected chi connectivity index (χ4v) is 4.88. The minimum atomic E-state index is -0.872. The normalized spacial score (nSPS) is 12.4. The zero-order chi connectivity index (χ0) is 32.4. The van der Waals surface area contributed by atoms with Gasteiger partial charge < -0.3 is 29.5 Å². The Hall–Kier alpha value is -4.59. The highest BCUT2D eigenvalue weighted by atomic mass is 16.5. The number of hydrogen-bond donors (Lipinski definition) is 3. The number of nitrogens with one attached hydrogen (secondary N) is 2. The maximum atomic E-state index is 13.8. The number of unbranched alkanes of at least 4 members (excludes halogenated alkanes) is 2. The molecule has 0 atom stereocenters. The van der Waals surface area contributed by atoms with Crippen LogP contribution in [-0.2, 0) is 16.8 Å². The number of fused-ring (bicyclic) bond motifs is 1. The first-order valence-electron chi connectivity index (χ1n) is 14.8. The highest BCUT2D eigenvalue weighted by Gasteiger charge is 2.31. The van der Waals surface area contributed by atoms with Crippen molar-refractivity contribution >= 4 is 23.5 Å². The quantitative estimate of drug-likeness (QED) is 0.175. The molecule has 1 heterocycles. The molecule has 0 aromatic heterocycles. The molecule has 0 saturated carbocycles. The van der Waals surface area contributed by atoms with Gasteiger partial charge in [0.15, 0.2) is 17.3 Å². The number of nitrogens with zero attached hydrogens (tertiary/aromatic N) is 2. The van der Waals surface area contributed by atoms with Crippen molar-refractivity contribution in [3.05, 3.63) is 52.1 Å². The number of benzene rings is 2. The Labute approximate surface area is 258 Å². The Morgan fingerprint density at radius 3 is 2.41 bits per heavy atom. The number of rotatable bonds is 16. The van der Waals surface area contributed by atoms with Gasteiger partial charge in [0, 0.05) is 43.1 Å². The van der Waals surface area contributed by atoms with Crippen molar-refractivity contribution < 1.29 is 33.7 Å². The third-order valence-electron chi connectivity index (χ3n) is 7.15. The number of amides is 1. The Morgan fingerprint density at radius 2 is 1.77 bits per heavy atom. The fraction of sp³-hybridized carbons (Fsp3) is 0.485. The van der Waals surface area contributed by atoms with Crippen LogP contribution in [0.5, 0.6) is 17.2 Å². The van der Waals surface area contributed by atoms with Crippen molar-refractivity contribution in [2.45, 2.75) is 71.8 Å². The van der Waals surface area contributed by atoms with E-state index in [1.165, 1.54) is 7.05 Å². The summed E-state index contributed by atoms with van der Waals surface area (Å²) in [5.74, 6) is 0.0285. The Kier molecular flexibility index (Phi) is 11.7. The molecule has 3 N–H and O–H groups in total. The average molecular weight is 607 g/mol. The molecule has 0 saturated heterocycles. The predicted octanol–water partition coefficient (Wildman–Crippen LogP) is 5.08. The SMILES string of the molecule is CCOc1cc2c(cc1C(=O)NC)C(=N)N(CC(=O)c1cc(OCCCCC(=O)O)c(OCCCC#N)c(C(C)(C)C)c1)C2. The van der Waals surface area contributed by atoms with Crippen LogP contribution >= 0.6 is 0 Å². The summed E-state index contributed by atoms with van der Waals surface area (Å²) in [6, 6.07) is 8.94. The molecule has 1 aliphatic rings. The van der Waals surface area contributed by atoms with Gasteiger partial charge in [-0.25, -0.2) is 0 Å². The van der Waals surface area contributed by atoms with E-state index >= 15 is 0 Å². The number of hydrogen-bond acceptors (Lipinski definition) is 8. The van der Waals surface area contributed by atoms with E-state index in [0.717, 1.165) is 11.1 Å². The van der Waals surface area contributed by atoms with Crippen LogP contribution in [0.3, 0.4) is 0 Å². The van der Waals surface area contributed by atoms with Crippen molar-refractivity contribution in [3.63, 3.8) is 0 Å². The minimum Gasteiger partial charge on any atom is -0.493 e. The zero-order valence-corrected chi connectivity index (χ0v) is 26.2. The first kappa shape index (κ1) is 33.9. The number of amidine groups is 1. The smallest absolute Gasteiger partial charge is 0.303 e. The van der Waals surface area contributed by atoms with E-state index in [-0.39, 0.29) is 37.1 Å². The molecule has 11 heteroatoms. The largest absolute Gasteiger partial charge is 0.493 e. The van der Waals surface area contributed by atoms with Crippen LogP contribution in [-0.4, -0.2) is 66.9 Å². The number of carbonyl (C=O) groups excluding carboxylic acids is 2. The standard InChI is InChI=1S/C33H42N4O7/c1-6-42-27-17-22-19-37(31(35)23(22)18-24(27)32(41)36-5)20-26(38)21-15-25(33(2,3)4)30(44-14-10-8-12-34)28(16-21)43-13-9-7-11-29(39)40/h15-18,35H,6-11,13-14,19-20H2,1-5H3,(H,36,41)(H,39,40). The molecule has 44 heavy (non-hydrogen) atoms. The van der Waals surface area contributed by atoms with Crippen molar-refractivity contribution in [3.8, 4) is 23.3 Å². The van der Waals surface area contributed by atoms with Gasteiger partial charge in [-0.2, -0.15) is 5.26 Å². The average Bonchev–Trinajstić information content (AvgIpc) is 3.27. The van der Waals surface area contributed by atoms with Crippen LogP contribution in [0.4, 0.5) is 0 Å². The van der Waals surface area contributed by atoms with Crippen molar-refractivity contribution in [1.82, 2.24) is 10.2 Å². The summed E-state index contributed by atoms with van der Waals surface area (Å²) >= 11 is 0. The van der Waals surface area contributed by atoms with Crippen LogP contribution in [0.1, 0.15) is 97.2 Å². The molecular formula is C33H42N4O7. The number of carboxylic acid groups (broad SMARTS) is 1. The molecular weight excluding hydrogens is 564 g/mol. The van der Waals surface area contributed by atoms with Crippen LogP contribution in [0.15, 0.2) is 24.3 Å². The van der Waals surface area contributed by atoms with E-state index in [0.29, 0.717) is 79.4 Å². The molecule has 11 nitrogen and oxygen atoms in total. The van der Waals surface area contributed by atoms with Gasteiger partial charge in [-0.1, -0.05) is 20.8 Å². The Balaban J connectivity index is 1.91. The fourth-order valence-electron chi connectivity index (χ4n) is 4.88. The second-order valence-corrected chi connectivity index (χ2v) is 11.6. The first-order chi connectivity index (χ1) is 20.9. The Bertz CT molecular complexity index is 1440. The van der Waals surface area contributed by atoms with Gasteiger partial charge in [0.25, 0.3) is 5.91 Å². The van der Waals surface area contributed by atoms with Gasteiger partial charge in [-0.3, -0.25) is 19.8 Å². The number of carbonyl (C=O) groups is 3. The summed E-state index contributed by atoms with van der Waals surface area (Å²) in [4.78, 5) is 38.8. The first-order valence-corrected chi connectivity index (χ1v) is 14.8. The third kappa shape index (κ3) is 8.49. The second kappa shape index (κ2) is 15.2. The lowest BCUT2D eigenvalue weighted by molar-refractivity contribution is -0.137. The summed E-state index contributed by atoms with van der Waals surface area (Å²) < 4.78 is 17.9. The van der Waals surface area contributed by atoms with E-state index in [1.807, 2.05) is 27.7 Å². The number of Topliss-reactive ketones (excluding diaryl/α,β-unsaturated/α-hetero) is 1. The summed E-state index contributed by atoms with van der Waals surface area (Å²) in [7, 11) is 1.53. The van der Waals surface area contributed by atoms with E-state index in [4.69, 9.17) is 30.0 Å². The van der Waals surface area contributed by atoms with Crippen molar-refractivity contribution in [2.24, 2.45) is 0 Å². The van der Waals surface area contributed by atoms with Gasteiger partial charge in [0.05, 0.1) is 38.0 Å². The van der Waals surface area contributed by atoms with E-state index < -0.39 is 11.4 Å². The maximum Gasteiger partial charge on any atom is 0.303 e. The Morgan fingerprint density at radius 1 is 1.05 bits per heavy atom. The summed E-state index contributed by atoms with van der Waals surface area (Å²) in [6.07, 6.45) is 1.86. The summed E-state index contributed by atoms with van der Waals surface area (Å²) in [6.45, 7) is 8.99. The van der Waals surface area contributed by atoms with Crippen molar-refractivity contribution in [1.29, 1.82) is 10.7 Å². The summed E-state index contributed by atoms with van der Waals surface area (Å²) in [5.41, 5.74) is 2.42. The maximum absolute atomic E-state index is 13.8. The molecule has 0 fully saturated rings. The zero-order valence-electron chi connectivity index (χ0n) is 26.2. The molecule has 1 amide bonds. The van der Waals surface area contributed by atoms with E-state index in [9.17, 15) is 14.4 Å². The number of carboxylic acids is 1. The van der Waals surface area contributed by atoms with Crippen LogP contribution in [0, 0.1) is 16.7 Å². The van der Waals surface area contributed by atoms with Crippen LogP contribution in [0.25, 0.3) is 0 Å². The lowest BCUT2D eigenvalue weighted by Gasteiger charge is -2.26. The van der Waals surface area contributed by atoms with Crippen LogP contribution in [0.2, 0.25) is 0 Å². The molecule has 236 valence electrons. The highest BCUT2D eigenvalue weighted by molar-refractivity contribution is 6.07. The molecule has 3 rings (SSSR count). The van der Waals surface area contributed by atoms with Crippen LogP contribution < -0.4 is 19.5 Å². The molecule has 0 unspecified atom stereocenters. The predicted molar refractivity (Wildman–Crippen MR) is 165 cm³/mol. The van der Waals surface area contributed by atoms with Gasteiger partial charge in [0.1, 0.15) is 11.6 Å². The van der Waals surface area contributed by atoms with Gasteiger partial charge in [-0.15, -0.1) is 0 Å². The molecule has 2 aromatic carbocycles. The molecule has 0 aliphatic carbocycles. The van der Waals surface area contributed by atoms with Gasteiger partial charge in [0.2, 0.25) is 0 Å². The molecule has 1 aliphatic heterocycles.